The molecule has 0 unspecified atom stereocenters. The van der Waals surface area contributed by atoms with Crippen molar-refractivity contribution < 1.29 is 13.2 Å². The van der Waals surface area contributed by atoms with E-state index < -0.39 is 11.7 Å². The Morgan fingerprint density at radius 1 is 1.18 bits per heavy atom. The number of nitrogens with one attached hydrogen (secondary N) is 1. The standard InChI is InChI=1S/C11H10F3N3/c12-11(13,14)8-3-1-7(2-4-8)9-6-16-10(5-15)17-9/h1-4,6H,5,15H2,(H,16,17). The van der Waals surface area contributed by atoms with Crippen molar-refractivity contribution in [3.05, 3.63) is 41.9 Å². The van der Waals surface area contributed by atoms with Gasteiger partial charge in [-0.1, -0.05) is 12.1 Å². The van der Waals surface area contributed by atoms with Crippen LogP contribution < -0.4 is 5.73 Å². The van der Waals surface area contributed by atoms with Crippen LogP contribution >= 0.6 is 0 Å². The molecule has 2 aromatic rings. The molecule has 0 saturated carbocycles. The molecular weight excluding hydrogens is 231 g/mol. The van der Waals surface area contributed by atoms with Crippen LogP contribution in [-0.2, 0) is 12.7 Å². The van der Waals surface area contributed by atoms with E-state index in [2.05, 4.69) is 9.97 Å². The third-order valence-corrected chi connectivity index (χ3v) is 2.35. The molecule has 0 saturated heterocycles. The zero-order valence-corrected chi connectivity index (χ0v) is 8.75. The van der Waals surface area contributed by atoms with Gasteiger partial charge in [0, 0.05) is 0 Å². The molecule has 0 radical (unpaired) electrons. The van der Waals surface area contributed by atoms with E-state index in [1.165, 1.54) is 12.1 Å². The van der Waals surface area contributed by atoms with Gasteiger partial charge in [-0.3, -0.25) is 0 Å². The zero-order valence-electron chi connectivity index (χ0n) is 8.75. The van der Waals surface area contributed by atoms with Crippen molar-refractivity contribution >= 4 is 0 Å². The minimum atomic E-state index is -4.31. The van der Waals surface area contributed by atoms with Crippen LogP contribution in [0.5, 0.6) is 0 Å². The monoisotopic (exact) mass is 241 g/mol. The number of H-pyrrole nitrogens is 1. The number of aromatic nitrogens is 2. The molecule has 0 bridgehead atoms. The first-order valence-corrected chi connectivity index (χ1v) is 4.92. The van der Waals surface area contributed by atoms with Crippen molar-refractivity contribution in [1.82, 2.24) is 9.97 Å². The van der Waals surface area contributed by atoms with Gasteiger partial charge in [-0.15, -0.1) is 0 Å². The topological polar surface area (TPSA) is 54.7 Å². The number of hydrogen-bond acceptors (Lipinski definition) is 2. The van der Waals surface area contributed by atoms with Gasteiger partial charge in [0.1, 0.15) is 5.82 Å². The summed E-state index contributed by atoms with van der Waals surface area (Å²) in [6, 6.07) is 4.88. The smallest absolute Gasteiger partial charge is 0.341 e. The molecular formula is C11H10F3N3. The largest absolute Gasteiger partial charge is 0.416 e. The molecule has 3 nitrogen and oxygen atoms in total. The first kappa shape index (κ1) is 11.7. The highest BCUT2D eigenvalue weighted by Crippen LogP contribution is 2.30. The first-order chi connectivity index (χ1) is 8.00. The van der Waals surface area contributed by atoms with Gasteiger partial charge in [0.2, 0.25) is 0 Å². The molecule has 6 heteroatoms. The summed E-state index contributed by atoms with van der Waals surface area (Å²) in [5.74, 6) is 0.597. The summed E-state index contributed by atoms with van der Waals surface area (Å²) >= 11 is 0. The van der Waals surface area contributed by atoms with E-state index in [0.29, 0.717) is 17.1 Å². The molecule has 1 aromatic carbocycles. The Hall–Kier alpha value is -1.82. The molecule has 0 amide bonds. The summed E-state index contributed by atoms with van der Waals surface area (Å²) < 4.78 is 37.0. The van der Waals surface area contributed by atoms with E-state index >= 15 is 0 Å². The molecule has 0 atom stereocenters. The second-order valence-corrected chi connectivity index (χ2v) is 3.52. The lowest BCUT2D eigenvalue weighted by atomic mass is 10.1. The number of nitrogens with zero attached hydrogens (tertiary/aromatic N) is 1. The molecule has 0 aliphatic rings. The summed E-state index contributed by atoms with van der Waals surface area (Å²) in [6.45, 7) is 0.265. The Morgan fingerprint density at radius 3 is 2.29 bits per heavy atom. The van der Waals surface area contributed by atoms with Crippen molar-refractivity contribution in [3.63, 3.8) is 0 Å². The Balaban J connectivity index is 2.29. The van der Waals surface area contributed by atoms with Gasteiger partial charge in [-0.2, -0.15) is 13.2 Å². The molecule has 1 aromatic heterocycles. The number of nitrogens with two attached hydrogens (primary N) is 1. The van der Waals surface area contributed by atoms with Crippen molar-refractivity contribution in [1.29, 1.82) is 0 Å². The van der Waals surface area contributed by atoms with Crippen LogP contribution in [0.25, 0.3) is 11.3 Å². The third kappa shape index (κ3) is 2.47. The van der Waals surface area contributed by atoms with Gasteiger partial charge in [-0.05, 0) is 17.7 Å². The minimum Gasteiger partial charge on any atom is -0.341 e. The van der Waals surface area contributed by atoms with Gasteiger partial charge >= 0.3 is 6.18 Å². The molecule has 90 valence electrons. The molecule has 2 rings (SSSR count). The Labute approximate surface area is 95.5 Å². The van der Waals surface area contributed by atoms with Gasteiger partial charge in [0.05, 0.1) is 24.0 Å². The van der Waals surface area contributed by atoms with Gasteiger partial charge in [-0.25, -0.2) is 4.98 Å². The summed E-state index contributed by atoms with van der Waals surface area (Å²) in [4.78, 5) is 6.90. The van der Waals surface area contributed by atoms with E-state index in [-0.39, 0.29) is 6.54 Å². The number of halogens is 3. The fourth-order valence-corrected chi connectivity index (χ4v) is 1.45. The first-order valence-electron chi connectivity index (χ1n) is 4.92. The van der Waals surface area contributed by atoms with Crippen LogP contribution in [0.3, 0.4) is 0 Å². The molecule has 17 heavy (non-hydrogen) atoms. The van der Waals surface area contributed by atoms with Crippen LogP contribution in [0.1, 0.15) is 11.4 Å². The van der Waals surface area contributed by atoms with E-state index in [1.807, 2.05) is 0 Å². The molecule has 0 aliphatic heterocycles. The van der Waals surface area contributed by atoms with E-state index in [1.54, 1.807) is 6.20 Å². The molecule has 3 N–H and O–H groups in total. The lowest BCUT2D eigenvalue weighted by Gasteiger charge is -2.06. The zero-order chi connectivity index (χ0) is 12.5. The maximum Gasteiger partial charge on any atom is 0.416 e. The predicted molar refractivity (Wildman–Crippen MR) is 56.9 cm³/mol. The number of aromatic amines is 1. The van der Waals surface area contributed by atoms with E-state index in [4.69, 9.17) is 5.73 Å². The molecule has 0 spiro atoms. The predicted octanol–water partition coefficient (Wildman–Crippen LogP) is 2.55. The summed E-state index contributed by atoms with van der Waals surface area (Å²) in [5, 5.41) is 0. The lowest BCUT2D eigenvalue weighted by molar-refractivity contribution is -0.137. The van der Waals surface area contributed by atoms with E-state index in [9.17, 15) is 13.2 Å². The van der Waals surface area contributed by atoms with Crippen molar-refractivity contribution in [2.45, 2.75) is 12.7 Å². The highest BCUT2D eigenvalue weighted by molar-refractivity contribution is 5.58. The molecule has 0 fully saturated rings. The van der Waals surface area contributed by atoms with Crippen LogP contribution in [0.15, 0.2) is 30.5 Å². The average molecular weight is 241 g/mol. The quantitative estimate of drug-likeness (QED) is 0.848. The average Bonchev–Trinajstić information content (AvgIpc) is 2.76. The fraction of sp³-hybridized carbons (Fsp3) is 0.182. The van der Waals surface area contributed by atoms with E-state index in [0.717, 1.165) is 12.1 Å². The fourth-order valence-electron chi connectivity index (χ4n) is 1.45. The van der Waals surface area contributed by atoms with Gasteiger partial charge < -0.3 is 10.7 Å². The SMILES string of the molecule is NCc1ncc(-c2ccc(C(F)(F)F)cc2)[nH]1. The highest BCUT2D eigenvalue weighted by Gasteiger charge is 2.29. The Kier molecular flexibility index (Phi) is 2.89. The minimum absolute atomic E-state index is 0.265. The summed E-state index contributed by atoms with van der Waals surface area (Å²) in [6.07, 6.45) is -2.76. The number of benzene rings is 1. The normalized spacial score (nSPS) is 11.8. The maximum atomic E-state index is 12.3. The van der Waals surface area contributed by atoms with Crippen molar-refractivity contribution in [2.75, 3.05) is 0 Å². The van der Waals surface area contributed by atoms with Gasteiger partial charge in [0.15, 0.2) is 0 Å². The van der Waals surface area contributed by atoms with Gasteiger partial charge in [0.25, 0.3) is 0 Å². The van der Waals surface area contributed by atoms with Crippen molar-refractivity contribution in [3.8, 4) is 11.3 Å². The lowest BCUT2D eigenvalue weighted by Crippen LogP contribution is -2.04. The number of alkyl halides is 3. The second kappa shape index (κ2) is 4.21. The molecule has 1 heterocycles. The number of hydrogen-bond donors (Lipinski definition) is 2. The third-order valence-electron chi connectivity index (χ3n) is 2.35. The summed E-state index contributed by atoms with van der Waals surface area (Å²) in [5.41, 5.74) is 6.01. The second-order valence-electron chi connectivity index (χ2n) is 3.52. The number of imidazole rings is 1. The van der Waals surface area contributed by atoms with Crippen LogP contribution in [-0.4, -0.2) is 9.97 Å². The molecule has 0 aliphatic carbocycles. The van der Waals surface area contributed by atoms with Crippen LogP contribution in [0, 0.1) is 0 Å². The van der Waals surface area contributed by atoms with Crippen LogP contribution in [0.4, 0.5) is 13.2 Å². The Bertz CT molecular complexity index is 499. The van der Waals surface area contributed by atoms with Crippen LogP contribution in [0.2, 0.25) is 0 Å². The highest BCUT2D eigenvalue weighted by atomic mass is 19.4. The summed E-state index contributed by atoms with van der Waals surface area (Å²) in [7, 11) is 0. The maximum absolute atomic E-state index is 12.3. The Morgan fingerprint density at radius 2 is 1.82 bits per heavy atom. The van der Waals surface area contributed by atoms with Crippen molar-refractivity contribution in [2.24, 2.45) is 5.73 Å². The number of rotatable bonds is 2.